The Morgan fingerprint density at radius 1 is 1.26 bits per heavy atom. The van der Waals surface area contributed by atoms with Gasteiger partial charge in [-0.1, -0.05) is 12.1 Å². The van der Waals surface area contributed by atoms with Gasteiger partial charge in [0.2, 0.25) is 5.91 Å². The van der Waals surface area contributed by atoms with Crippen molar-refractivity contribution in [2.24, 2.45) is 0 Å². The standard InChI is InChI=1S/C14H14N2O3/c1-9-5-6-12(18)14(15-9)16-13(19)8-10-3-2-4-11(17)7-10/h2-7,17-18H,8H2,1H3,(H,15,16,19). The number of amides is 1. The molecular formula is C14H14N2O3. The molecule has 0 fully saturated rings. The van der Waals surface area contributed by atoms with Gasteiger partial charge in [0, 0.05) is 5.69 Å². The van der Waals surface area contributed by atoms with Gasteiger partial charge in [-0.25, -0.2) is 4.98 Å². The molecule has 1 aromatic heterocycles. The van der Waals surface area contributed by atoms with Gasteiger partial charge in [0.15, 0.2) is 11.6 Å². The highest BCUT2D eigenvalue weighted by Gasteiger charge is 2.09. The van der Waals surface area contributed by atoms with Crippen molar-refractivity contribution in [2.75, 3.05) is 5.32 Å². The van der Waals surface area contributed by atoms with Gasteiger partial charge < -0.3 is 15.5 Å². The lowest BCUT2D eigenvalue weighted by atomic mass is 10.1. The smallest absolute Gasteiger partial charge is 0.230 e. The first-order chi connectivity index (χ1) is 9.04. The third kappa shape index (κ3) is 3.45. The van der Waals surface area contributed by atoms with E-state index in [4.69, 9.17) is 0 Å². The van der Waals surface area contributed by atoms with Gasteiger partial charge in [0.05, 0.1) is 6.42 Å². The second-order valence-electron chi connectivity index (χ2n) is 4.22. The summed E-state index contributed by atoms with van der Waals surface area (Å²) in [6, 6.07) is 9.59. The van der Waals surface area contributed by atoms with Crippen molar-refractivity contribution in [3.63, 3.8) is 0 Å². The quantitative estimate of drug-likeness (QED) is 0.786. The van der Waals surface area contributed by atoms with E-state index in [-0.39, 0.29) is 29.6 Å². The molecule has 0 atom stereocenters. The van der Waals surface area contributed by atoms with Crippen LogP contribution in [0.25, 0.3) is 0 Å². The van der Waals surface area contributed by atoms with Crippen LogP contribution in [-0.2, 0) is 11.2 Å². The Kier molecular flexibility index (Phi) is 3.66. The highest BCUT2D eigenvalue weighted by molar-refractivity contribution is 5.92. The summed E-state index contributed by atoms with van der Waals surface area (Å²) in [6.45, 7) is 1.77. The molecule has 5 heteroatoms. The Balaban J connectivity index is 2.07. The summed E-state index contributed by atoms with van der Waals surface area (Å²) in [5.41, 5.74) is 1.38. The van der Waals surface area contributed by atoms with E-state index in [1.54, 1.807) is 25.1 Å². The number of phenolic OH excluding ortho intramolecular Hbond substituents is 1. The minimum atomic E-state index is -0.306. The summed E-state index contributed by atoms with van der Waals surface area (Å²) in [5.74, 6) is -0.124. The summed E-state index contributed by atoms with van der Waals surface area (Å²) in [5, 5.41) is 21.4. The van der Waals surface area contributed by atoms with Crippen LogP contribution in [0.5, 0.6) is 11.5 Å². The molecule has 0 aliphatic rings. The zero-order valence-corrected chi connectivity index (χ0v) is 10.4. The van der Waals surface area contributed by atoms with E-state index in [0.29, 0.717) is 11.3 Å². The van der Waals surface area contributed by atoms with Gasteiger partial charge in [-0.05, 0) is 36.8 Å². The average molecular weight is 258 g/mol. The van der Waals surface area contributed by atoms with Crippen molar-refractivity contribution in [3.05, 3.63) is 47.7 Å². The molecule has 98 valence electrons. The molecule has 0 bridgehead atoms. The van der Waals surface area contributed by atoms with E-state index in [2.05, 4.69) is 10.3 Å². The minimum absolute atomic E-state index is 0.0742. The van der Waals surface area contributed by atoms with Crippen LogP contribution >= 0.6 is 0 Å². The molecule has 0 aliphatic carbocycles. The summed E-state index contributed by atoms with van der Waals surface area (Å²) in [4.78, 5) is 15.9. The van der Waals surface area contributed by atoms with Crippen molar-refractivity contribution in [2.45, 2.75) is 13.3 Å². The topological polar surface area (TPSA) is 82.5 Å². The lowest BCUT2D eigenvalue weighted by Gasteiger charge is -2.07. The number of nitrogens with one attached hydrogen (secondary N) is 1. The van der Waals surface area contributed by atoms with Crippen molar-refractivity contribution in [3.8, 4) is 11.5 Å². The number of nitrogens with zero attached hydrogens (tertiary/aromatic N) is 1. The Labute approximate surface area is 110 Å². The van der Waals surface area contributed by atoms with Crippen molar-refractivity contribution >= 4 is 11.7 Å². The summed E-state index contributed by atoms with van der Waals surface area (Å²) in [6.07, 6.45) is 0.101. The molecule has 0 saturated heterocycles. The number of rotatable bonds is 3. The maximum Gasteiger partial charge on any atom is 0.230 e. The van der Waals surface area contributed by atoms with Crippen molar-refractivity contribution < 1.29 is 15.0 Å². The van der Waals surface area contributed by atoms with E-state index in [9.17, 15) is 15.0 Å². The Morgan fingerprint density at radius 3 is 2.79 bits per heavy atom. The van der Waals surface area contributed by atoms with Crippen LogP contribution in [0, 0.1) is 6.92 Å². The fourth-order valence-corrected chi connectivity index (χ4v) is 1.67. The van der Waals surface area contributed by atoms with E-state index in [1.165, 1.54) is 18.2 Å². The molecule has 2 aromatic rings. The molecule has 3 N–H and O–H groups in total. The molecule has 0 unspecified atom stereocenters. The van der Waals surface area contributed by atoms with Gasteiger partial charge in [0.25, 0.3) is 0 Å². The maximum atomic E-state index is 11.8. The SMILES string of the molecule is Cc1ccc(O)c(NC(=O)Cc2cccc(O)c2)n1. The van der Waals surface area contributed by atoms with Crippen LogP contribution in [0.1, 0.15) is 11.3 Å². The van der Waals surface area contributed by atoms with Gasteiger partial charge in [-0.2, -0.15) is 0 Å². The normalized spacial score (nSPS) is 10.2. The lowest BCUT2D eigenvalue weighted by Crippen LogP contribution is -2.15. The van der Waals surface area contributed by atoms with Crippen molar-refractivity contribution in [1.29, 1.82) is 0 Å². The van der Waals surface area contributed by atoms with E-state index < -0.39 is 0 Å². The van der Waals surface area contributed by atoms with Gasteiger partial charge >= 0.3 is 0 Å². The lowest BCUT2D eigenvalue weighted by molar-refractivity contribution is -0.115. The third-order valence-corrected chi connectivity index (χ3v) is 2.55. The number of benzene rings is 1. The number of aryl methyl sites for hydroxylation is 1. The number of aromatic hydroxyl groups is 2. The van der Waals surface area contributed by atoms with Gasteiger partial charge in [0.1, 0.15) is 5.75 Å². The van der Waals surface area contributed by atoms with Crippen LogP contribution in [0.4, 0.5) is 5.82 Å². The molecule has 5 nitrogen and oxygen atoms in total. The molecule has 0 saturated carbocycles. The number of aromatic nitrogens is 1. The third-order valence-electron chi connectivity index (χ3n) is 2.55. The Morgan fingerprint density at radius 2 is 2.05 bits per heavy atom. The highest BCUT2D eigenvalue weighted by Crippen LogP contribution is 2.20. The van der Waals surface area contributed by atoms with Crippen LogP contribution in [0.15, 0.2) is 36.4 Å². The molecule has 1 amide bonds. The fourth-order valence-electron chi connectivity index (χ4n) is 1.67. The first kappa shape index (κ1) is 12.9. The van der Waals surface area contributed by atoms with Crippen LogP contribution in [0.3, 0.4) is 0 Å². The largest absolute Gasteiger partial charge is 0.508 e. The van der Waals surface area contributed by atoms with Crippen molar-refractivity contribution in [1.82, 2.24) is 4.98 Å². The van der Waals surface area contributed by atoms with Crippen LogP contribution < -0.4 is 5.32 Å². The summed E-state index contributed by atoms with van der Waals surface area (Å²) >= 11 is 0. The fraction of sp³-hybridized carbons (Fsp3) is 0.143. The number of anilines is 1. The molecule has 0 aliphatic heterocycles. The number of hydrogen-bond donors (Lipinski definition) is 3. The van der Waals surface area contributed by atoms with Gasteiger partial charge in [-0.15, -0.1) is 0 Å². The second kappa shape index (κ2) is 5.39. The first-order valence-electron chi connectivity index (χ1n) is 5.79. The first-order valence-corrected chi connectivity index (χ1v) is 5.79. The van der Waals surface area contributed by atoms with Crippen LogP contribution in [-0.4, -0.2) is 21.1 Å². The number of pyridine rings is 1. The van der Waals surface area contributed by atoms with E-state index in [0.717, 1.165) is 0 Å². The summed E-state index contributed by atoms with van der Waals surface area (Å²) < 4.78 is 0. The maximum absolute atomic E-state index is 11.8. The zero-order chi connectivity index (χ0) is 13.8. The van der Waals surface area contributed by atoms with E-state index >= 15 is 0 Å². The van der Waals surface area contributed by atoms with Gasteiger partial charge in [-0.3, -0.25) is 4.79 Å². The molecule has 2 rings (SSSR count). The molecule has 0 radical (unpaired) electrons. The molecular weight excluding hydrogens is 244 g/mol. The number of carbonyl (C=O) groups is 1. The number of phenols is 1. The number of carbonyl (C=O) groups excluding carboxylic acids is 1. The number of hydrogen-bond acceptors (Lipinski definition) is 4. The zero-order valence-electron chi connectivity index (χ0n) is 10.4. The minimum Gasteiger partial charge on any atom is -0.508 e. The molecule has 1 heterocycles. The predicted octanol–water partition coefficient (Wildman–Crippen LogP) is 1.98. The molecule has 19 heavy (non-hydrogen) atoms. The Bertz CT molecular complexity index is 611. The average Bonchev–Trinajstić information content (AvgIpc) is 2.34. The Hall–Kier alpha value is -2.56. The molecule has 0 spiro atoms. The van der Waals surface area contributed by atoms with E-state index in [1.807, 2.05) is 0 Å². The monoisotopic (exact) mass is 258 g/mol. The summed E-state index contributed by atoms with van der Waals surface area (Å²) in [7, 11) is 0. The predicted molar refractivity (Wildman–Crippen MR) is 71.1 cm³/mol. The second-order valence-corrected chi connectivity index (χ2v) is 4.22. The highest BCUT2D eigenvalue weighted by atomic mass is 16.3. The molecule has 1 aromatic carbocycles. The van der Waals surface area contributed by atoms with Crippen LogP contribution in [0.2, 0.25) is 0 Å².